The van der Waals surface area contributed by atoms with E-state index in [0.717, 1.165) is 32.1 Å². The van der Waals surface area contributed by atoms with Crippen LogP contribution in [0.5, 0.6) is 0 Å². The van der Waals surface area contributed by atoms with Crippen molar-refractivity contribution < 1.29 is 15.0 Å². The largest absolute Gasteiger partial charge is 0.396 e. The van der Waals surface area contributed by atoms with E-state index < -0.39 is 0 Å². The summed E-state index contributed by atoms with van der Waals surface area (Å²) >= 11 is 0. The van der Waals surface area contributed by atoms with Crippen molar-refractivity contribution in [3.63, 3.8) is 0 Å². The zero-order valence-corrected chi connectivity index (χ0v) is 22.2. The molecule has 0 saturated heterocycles. The van der Waals surface area contributed by atoms with Crippen LogP contribution >= 0.6 is 0 Å². The Morgan fingerprint density at radius 2 is 1.58 bits per heavy atom. The summed E-state index contributed by atoms with van der Waals surface area (Å²) in [5.41, 5.74) is 0.936. The van der Waals surface area contributed by atoms with Crippen molar-refractivity contribution in [2.24, 2.45) is 62.6 Å². The average Bonchev–Trinajstić information content (AvgIpc) is 3.17. The van der Waals surface area contributed by atoms with Crippen LogP contribution in [0.15, 0.2) is 0 Å². The Bertz CT molecular complexity index is 791. The standard InChI is InChI=1S/C30H50O3/c1-19(17-31)20-9-14-30(18-32)16-15-28(5)21(25(20)30)7-8-23-27(4)12-11-24(33)26(2,3)22(27)10-13-29(23,28)6/h17,19-25,32-33H,7-16,18H2,1-6H3/t19-,20+,21-,22+,23-,24+,25-,27+,28-,29-,30-/m1/s1. The topological polar surface area (TPSA) is 57.5 Å². The van der Waals surface area contributed by atoms with Crippen LogP contribution in [-0.4, -0.2) is 29.2 Å². The summed E-state index contributed by atoms with van der Waals surface area (Å²) in [5, 5.41) is 21.6. The number of aliphatic hydroxyl groups is 2. The Morgan fingerprint density at radius 1 is 0.848 bits per heavy atom. The van der Waals surface area contributed by atoms with Crippen LogP contribution in [-0.2, 0) is 4.79 Å². The summed E-state index contributed by atoms with van der Waals surface area (Å²) in [6.07, 6.45) is 12.8. The molecule has 0 radical (unpaired) electrons. The maximum atomic E-state index is 11.9. The molecular weight excluding hydrogens is 408 g/mol. The second-order valence-corrected chi connectivity index (χ2v) is 14.8. The Labute approximate surface area is 202 Å². The van der Waals surface area contributed by atoms with Crippen LogP contribution in [0, 0.1) is 62.6 Å². The second kappa shape index (κ2) is 7.55. The van der Waals surface area contributed by atoms with Crippen molar-refractivity contribution >= 4 is 6.29 Å². The predicted molar refractivity (Wildman–Crippen MR) is 132 cm³/mol. The van der Waals surface area contributed by atoms with Crippen LogP contribution in [0.25, 0.3) is 0 Å². The molecule has 188 valence electrons. The van der Waals surface area contributed by atoms with Crippen molar-refractivity contribution in [2.45, 2.75) is 112 Å². The molecular formula is C30H50O3. The fourth-order valence-electron chi connectivity index (χ4n) is 11.7. The second-order valence-electron chi connectivity index (χ2n) is 14.8. The molecule has 0 aliphatic heterocycles. The fraction of sp³-hybridized carbons (Fsp3) is 0.967. The highest BCUT2D eigenvalue weighted by Crippen LogP contribution is 2.77. The highest BCUT2D eigenvalue weighted by atomic mass is 16.3. The van der Waals surface area contributed by atoms with Gasteiger partial charge in [-0.15, -0.1) is 0 Å². The Kier molecular flexibility index (Phi) is 5.55. The van der Waals surface area contributed by atoms with Crippen LogP contribution in [0.3, 0.4) is 0 Å². The minimum Gasteiger partial charge on any atom is -0.396 e. The number of aldehydes is 1. The maximum Gasteiger partial charge on any atom is 0.123 e. The zero-order valence-electron chi connectivity index (χ0n) is 22.2. The molecule has 0 aromatic heterocycles. The number of rotatable bonds is 3. The van der Waals surface area contributed by atoms with Gasteiger partial charge in [-0.1, -0.05) is 41.5 Å². The van der Waals surface area contributed by atoms with Gasteiger partial charge in [0.05, 0.1) is 6.10 Å². The highest BCUT2D eigenvalue weighted by Gasteiger charge is 2.70. The van der Waals surface area contributed by atoms with E-state index in [0.29, 0.717) is 47.0 Å². The van der Waals surface area contributed by atoms with Crippen molar-refractivity contribution in [3.8, 4) is 0 Å². The Morgan fingerprint density at radius 3 is 2.24 bits per heavy atom. The van der Waals surface area contributed by atoms with Crippen molar-refractivity contribution in [1.29, 1.82) is 0 Å². The van der Waals surface area contributed by atoms with Gasteiger partial charge in [0.1, 0.15) is 6.29 Å². The van der Waals surface area contributed by atoms with Gasteiger partial charge in [-0.25, -0.2) is 0 Å². The summed E-state index contributed by atoms with van der Waals surface area (Å²) in [5.74, 6) is 2.97. The lowest BCUT2D eigenvalue weighted by atomic mass is 9.32. The number of hydrogen-bond acceptors (Lipinski definition) is 3. The van der Waals surface area contributed by atoms with Crippen LogP contribution in [0.4, 0.5) is 0 Å². The molecule has 5 saturated carbocycles. The van der Waals surface area contributed by atoms with Gasteiger partial charge in [-0.2, -0.15) is 0 Å². The maximum absolute atomic E-state index is 11.9. The number of fused-ring (bicyclic) bond motifs is 7. The van der Waals surface area contributed by atoms with E-state index in [1.54, 1.807) is 0 Å². The summed E-state index contributed by atoms with van der Waals surface area (Å²) in [6, 6.07) is 0. The number of carbonyl (C=O) groups excluding carboxylic acids is 1. The number of aliphatic hydroxyl groups excluding tert-OH is 2. The zero-order chi connectivity index (χ0) is 24.0. The van der Waals surface area contributed by atoms with Crippen LogP contribution in [0.2, 0.25) is 0 Å². The Balaban J connectivity index is 1.54. The smallest absolute Gasteiger partial charge is 0.123 e. The van der Waals surface area contributed by atoms with E-state index in [4.69, 9.17) is 0 Å². The molecule has 0 unspecified atom stereocenters. The van der Waals surface area contributed by atoms with E-state index in [9.17, 15) is 15.0 Å². The molecule has 5 fully saturated rings. The Hall–Kier alpha value is -0.410. The molecule has 0 spiro atoms. The molecule has 0 heterocycles. The SMILES string of the molecule is C[C@H](C=O)[C@@H]1CC[C@]2(CO)CC[C@]3(C)[C@H](CC[C@@H]4[C@@]5(C)CC[C@H](O)C(C)(C)[C@@H]5CC[C@]43C)[C@@H]12. The monoisotopic (exact) mass is 458 g/mol. The van der Waals surface area contributed by atoms with E-state index >= 15 is 0 Å². The molecule has 0 amide bonds. The van der Waals surface area contributed by atoms with Gasteiger partial charge in [-0.05, 0) is 121 Å². The van der Waals surface area contributed by atoms with Crippen LogP contribution in [0.1, 0.15) is 106 Å². The van der Waals surface area contributed by atoms with Crippen molar-refractivity contribution in [2.75, 3.05) is 6.61 Å². The lowest BCUT2D eigenvalue weighted by Gasteiger charge is -2.73. The lowest BCUT2D eigenvalue weighted by Crippen LogP contribution is -2.66. The minimum absolute atomic E-state index is 0.000626. The third-order valence-electron chi connectivity index (χ3n) is 13.8. The van der Waals surface area contributed by atoms with Gasteiger partial charge in [0, 0.05) is 12.5 Å². The van der Waals surface area contributed by atoms with Gasteiger partial charge >= 0.3 is 0 Å². The molecule has 3 nitrogen and oxygen atoms in total. The molecule has 0 aromatic carbocycles. The summed E-state index contributed by atoms with van der Waals surface area (Å²) in [4.78, 5) is 11.9. The number of hydrogen-bond donors (Lipinski definition) is 2. The van der Waals surface area contributed by atoms with Crippen molar-refractivity contribution in [3.05, 3.63) is 0 Å². The normalized spacial score (nSPS) is 56.1. The third-order valence-corrected chi connectivity index (χ3v) is 13.8. The van der Waals surface area contributed by atoms with Gasteiger partial charge < -0.3 is 15.0 Å². The van der Waals surface area contributed by atoms with E-state index in [2.05, 4.69) is 41.5 Å². The van der Waals surface area contributed by atoms with Gasteiger partial charge in [0.15, 0.2) is 0 Å². The van der Waals surface area contributed by atoms with Crippen molar-refractivity contribution in [1.82, 2.24) is 0 Å². The quantitative estimate of drug-likeness (QED) is 0.491. The average molecular weight is 459 g/mol. The molecule has 33 heavy (non-hydrogen) atoms. The first-order chi connectivity index (χ1) is 15.4. The molecule has 5 rings (SSSR count). The first-order valence-electron chi connectivity index (χ1n) is 14.2. The van der Waals surface area contributed by atoms with E-state index in [-0.39, 0.29) is 28.3 Å². The fourth-order valence-corrected chi connectivity index (χ4v) is 11.7. The molecule has 5 aliphatic carbocycles. The lowest BCUT2D eigenvalue weighted by molar-refractivity contribution is -0.250. The summed E-state index contributed by atoms with van der Waals surface area (Å²) < 4.78 is 0. The molecule has 0 bridgehead atoms. The van der Waals surface area contributed by atoms with E-state index in [1.807, 2.05) is 0 Å². The summed E-state index contributed by atoms with van der Waals surface area (Å²) in [7, 11) is 0. The molecule has 2 N–H and O–H groups in total. The molecule has 5 aliphatic rings. The first-order valence-corrected chi connectivity index (χ1v) is 14.2. The summed E-state index contributed by atoms with van der Waals surface area (Å²) in [6.45, 7) is 14.9. The molecule has 3 heteroatoms. The minimum atomic E-state index is -0.171. The highest BCUT2D eigenvalue weighted by molar-refractivity contribution is 5.53. The van der Waals surface area contributed by atoms with E-state index in [1.165, 1.54) is 38.4 Å². The third kappa shape index (κ3) is 2.90. The van der Waals surface area contributed by atoms with Gasteiger partial charge in [0.25, 0.3) is 0 Å². The number of carbonyl (C=O) groups is 1. The van der Waals surface area contributed by atoms with Gasteiger partial charge in [-0.3, -0.25) is 0 Å². The predicted octanol–water partition coefficient (Wildman–Crippen LogP) is 6.26. The van der Waals surface area contributed by atoms with Crippen LogP contribution < -0.4 is 0 Å². The van der Waals surface area contributed by atoms with Gasteiger partial charge in [0.2, 0.25) is 0 Å². The molecule has 0 aromatic rings. The first kappa shape index (κ1) is 24.3. The molecule has 11 atom stereocenters.